The molecular formula is C23H25N5O2. The first-order valence-corrected chi connectivity index (χ1v) is 9.92. The van der Waals surface area contributed by atoms with Crippen LogP contribution in [0.3, 0.4) is 0 Å². The zero-order chi connectivity index (χ0) is 21.3. The monoisotopic (exact) mass is 403 g/mol. The molecule has 0 aliphatic heterocycles. The summed E-state index contributed by atoms with van der Waals surface area (Å²) in [7, 11) is 1.72. The van der Waals surface area contributed by atoms with Crippen molar-refractivity contribution in [3.8, 4) is 0 Å². The number of nitrogens with zero attached hydrogens (tertiary/aromatic N) is 4. The number of amides is 1. The van der Waals surface area contributed by atoms with Crippen molar-refractivity contribution in [2.45, 2.75) is 33.5 Å². The van der Waals surface area contributed by atoms with E-state index in [0.717, 1.165) is 33.5 Å². The van der Waals surface area contributed by atoms with E-state index in [1.807, 2.05) is 54.9 Å². The molecule has 0 fully saturated rings. The molecule has 2 heterocycles. The second-order valence-corrected chi connectivity index (χ2v) is 7.60. The van der Waals surface area contributed by atoms with Crippen molar-refractivity contribution in [3.63, 3.8) is 0 Å². The number of carbonyl (C=O) groups is 1. The number of aryl methyl sites for hydroxylation is 3. The van der Waals surface area contributed by atoms with Crippen LogP contribution in [-0.4, -0.2) is 24.8 Å². The number of imidazole rings is 1. The molecule has 7 nitrogen and oxygen atoms in total. The summed E-state index contributed by atoms with van der Waals surface area (Å²) in [5.41, 5.74) is 5.62. The second-order valence-electron chi connectivity index (χ2n) is 7.60. The predicted molar refractivity (Wildman–Crippen MR) is 116 cm³/mol. The lowest BCUT2D eigenvalue weighted by Crippen LogP contribution is -2.32. The number of benzene rings is 2. The molecule has 4 rings (SSSR count). The van der Waals surface area contributed by atoms with E-state index in [1.165, 1.54) is 4.57 Å². The molecule has 0 bridgehead atoms. The molecule has 2 aromatic carbocycles. The fraction of sp³-hybridized carbons (Fsp3) is 0.261. The standard InChI is InChI=1S/C23H25N5O2/c1-16-11-17(2)28(25-16)14-19-8-6-7-18(12-19)13-24-22(29)15-27-21-10-5-4-9-20(21)26(3)23(27)30/h4-12H,13-15H2,1-3H3,(H,24,29). The zero-order valence-corrected chi connectivity index (χ0v) is 17.4. The average Bonchev–Trinajstić information content (AvgIpc) is 3.17. The van der Waals surface area contributed by atoms with Gasteiger partial charge in [0.1, 0.15) is 6.54 Å². The minimum Gasteiger partial charge on any atom is -0.350 e. The van der Waals surface area contributed by atoms with E-state index in [9.17, 15) is 9.59 Å². The maximum absolute atomic E-state index is 12.5. The van der Waals surface area contributed by atoms with E-state index >= 15 is 0 Å². The Hall–Kier alpha value is -3.61. The lowest BCUT2D eigenvalue weighted by molar-refractivity contribution is -0.121. The van der Waals surface area contributed by atoms with Gasteiger partial charge in [0.15, 0.2) is 0 Å². The first-order chi connectivity index (χ1) is 14.4. The molecule has 154 valence electrons. The summed E-state index contributed by atoms with van der Waals surface area (Å²) in [6.07, 6.45) is 0. The van der Waals surface area contributed by atoms with Gasteiger partial charge in [-0.05, 0) is 43.2 Å². The Morgan fingerprint density at radius 3 is 2.47 bits per heavy atom. The largest absolute Gasteiger partial charge is 0.350 e. The van der Waals surface area contributed by atoms with Crippen LogP contribution < -0.4 is 11.0 Å². The highest BCUT2D eigenvalue weighted by Crippen LogP contribution is 2.12. The molecule has 0 atom stereocenters. The molecule has 0 aliphatic carbocycles. The second kappa shape index (κ2) is 8.02. The number of aromatic nitrogens is 4. The van der Waals surface area contributed by atoms with Crippen molar-refractivity contribution in [2.24, 2.45) is 7.05 Å². The van der Waals surface area contributed by atoms with Gasteiger partial charge < -0.3 is 5.32 Å². The first kappa shape index (κ1) is 19.7. The lowest BCUT2D eigenvalue weighted by Gasteiger charge is -2.09. The van der Waals surface area contributed by atoms with Gasteiger partial charge in [-0.1, -0.05) is 36.4 Å². The van der Waals surface area contributed by atoms with Gasteiger partial charge in [-0.2, -0.15) is 5.10 Å². The predicted octanol–water partition coefficient (Wildman–Crippen LogP) is 2.52. The van der Waals surface area contributed by atoms with Crippen molar-refractivity contribution < 1.29 is 4.79 Å². The van der Waals surface area contributed by atoms with Crippen LogP contribution in [0.25, 0.3) is 11.0 Å². The highest BCUT2D eigenvalue weighted by molar-refractivity contribution is 5.80. The average molecular weight is 403 g/mol. The fourth-order valence-corrected chi connectivity index (χ4v) is 3.76. The molecule has 7 heteroatoms. The number of nitrogens with one attached hydrogen (secondary N) is 1. The molecule has 1 amide bonds. The van der Waals surface area contributed by atoms with Gasteiger partial charge in [-0.25, -0.2) is 4.79 Å². The van der Waals surface area contributed by atoms with Crippen molar-refractivity contribution in [1.82, 2.24) is 24.2 Å². The van der Waals surface area contributed by atoms with Gasteiger partial charge in [-0.3, -0.25) is 18.6 Å². The van der Waals surface area contributed by atoms with Crippen LogP contribution in [0.4, 0.5) is 0 Å². The molecule has 0 radical (unpaired) electrons. The van der Waals surface area contributed by atoms with E-state index in [4.69, 9.17) is 0 Å². The molecule has 4 aromatic rings. The van der Waals surface area contributed by atoms with Gasteiger partial charge in [0, 0.05) is 19.3 Å². The van der Waals surface area contributed by atoms with Crippen LogP contribution in [0.5, 0.6) is 0 Å². The first-order valence-electron chi connectivity index (χ1n) is 9.92. The molecule has 0 saturated carbocycles. The van der Waals surface area contributed by atoms with Gasteiger partial charge in [-0.15, -0.1) is 0 Å². The quantitative estimate of drug-likeness (QED) is 0.538. The third-order valence-electron chi connectivity index (χ3n) is 5.27. The summed E-state index contributed by atoms with van der Waals surface area (Å²) in [4.78, 5) is 25.0. The van der Waals surface area contributed by atoms with E-state index in [-0.39, 0.29) is 18.1 Å². The Balaban J connectivity index is 1.43. The van der Waals surface area contributed by atoms with Crippen molar-refractivity contribution in [3.05, 3.63) is 87.6 Å². The number of rotatable bonds is 6. The molecule has 0 saturated heterocycles. The van der Waals surface area contributed by atoms with Gasteiger partial charge in [0.2, 0.25) is 5.91 Å². The van der Waals surface area contributed by atoms with E-state index in [1.54, 1.807) is 11.6 Å². The normalized spacial score (nSPS) is 11.2. The highest BCUT2D eigenvalue weighted by atomic mass is 16.2. The maximum Gasteiger partial charge on any atom is 0.329 e. The van der Waals surface area contributed by atoms with E-state index < -0.39 is 0 Å². The third-order valence-corrected chi connectivity index (χ3v) is 5.27. The van der Waals surface area contributed by atoms with Crippen LogP contribution in [0.2, 0.25) is 0 Å². The number of hydrogen-bond acceptors (Lipinski definition) is 3. The summed E-state index contributed by atoms with van der Waals surface area (Å²) >= 11 is 0. The van der Waals surface area contributed by atoms with Crippen LogP contribution in [0.15, 0.2) is 59.4 Å². The number of hydrogen-bond donors (Lipinski definition) is 1. The minimum absolute atomic E-state index is 0.00830. The Bertz CT molecular complexity index is 1280. The van der Waals surface area contributed by atoms with Crippen LogP contribution in [-0.2, 0) is 31.5 Å². The summed E-state index contributed by atoms with van der Waals surface area (Å²) < 4.78 is 5.04. The topological polar surface area (TPSA) is 73.8 Å². The van der Waals surface area contributed by atoms with Crippen LogP contribution in [0.1, 0.15) is 22.5 Å². The SMILES string of the molecule is Cc1cc(C)n(Cc2cccc(CNC(=O)Cn3c(=O)n(C)c4ccccc43)c2)n1. The van der Waals surface area contributed by atoms with Gasteiger partial charge in [0.05, 0.1) is 23.3 Å². The molecular weight excluding hydrogens is 378 g/mol. The van der Waals surface area contributed by atoms with Gasteiger partial charge in [0.25, 0.3) is 0 Å². The summed E-state index contributed by atoms with van der Waals surface area (Å²) in [5, 5.41) is 7.43. The molecule has 1 N–H and O–H groups in total. The lowest BCUT2D eigenvalue weighted by atomic mass is 10.1. The number of fused-ring (bicyclic) bond motifs is 1. The Morgan fingerprint density at radius 1 is 1.00 bits per heavy atom. The Morgan fingerprint density at radius 2 is 1.73 bits per heavy atom. The van der Waals surface area contributed by atoms with Crippen molar-refractivity contribution >= 4 is 16.9 Å². The highest BCUT2D eigenvalue weighted by Gasteiger charge is 2.13. The van der Waals surface area contributed by atoms with Crippen LogP contribution >= 0.6 is 0 Å². The Kier molecular flexibility index (Phi) is 5.27. The molecule has 0 spiro atoms. The fourth-order valence-electron chi connectivity index (χ4n) is 3.76. The molecule has 0 unspecified atom stereocenters. The van der Waals surface area contributed by atoms with E-state index in [0.29, 0.717) is 13.1 Å². The molecule has 2 aromatic heterocycles. The zero-order valence-electron chi connectivity index (χ0n) is 17.4. The Labute approximate surface area is 174 Å². The minimum atomic E-state index is -0.197. The summed E-state index contributed by atoms with van der Waals surface area (Å²) in [6.45, 7) is 5.11. The summed E-state index contributed by atoms with van der Waals surface area (Å²) in [5.74, 6) is -0.197. The van der Waals surface area contributed by atoms with Crippen molar-refractivity contribution in [2.75, 3.05) is 0 Å². The third kappa shape index (κ3) is 3.91. The maximum atomic E-state index is 12.5. The van der Waals surface area contributed by atoms with Crippen LogP contribution in [0, 0.1) is 13.8 Å². The summed E-state index contributed by atoms with van der Waals surface area (Å²) in [6, 6.07) is 17.6. The molecule has 30 heavy (non-hydrogen) atoms. The smallest absolute Gasteiger partial charge is 0.329 e. The van der Waals surface area contributed by atoms with Gasteiger partial charge >= 0.3 is 5.69 Å². The number of para-hydroxylation sites is 2. The molecule has 0 aliphatic rings. The number of carbonyl (C=O) groups excluding carboxylic acids is 1. The van der Waals surface area contributed by atoms with Crippen molar-refractivity contribution in [1.29, 1.82) is 0 Å². The van der Waals surface area contributed by atoms with E-state index in [2.05, 4.69) is 28.6 Å².